The van der Waals surface area contributed by atoms with Crippen LogP contribution in [-0.4, -0.2) is 116 Å². The summed E-state index contributed by atoms with van der Waals surface area (Å²) < 4.78 is 34.7. The summed E-state index contributed by atoms with van der Waals surface area (Å²) in [4.78, 5) is 47.0. The van der Waals surface area contributed by atoms with Gasteiger partial charge in [0.2, 0.25) is 0 Å². The van der Waals surface area contributed by atoms with E-state index in [1.165, 1.54) is 23.3 Å². The van der Waals surface area contributed by atoms with E-state index in [9.17, 15) is 28.1 Å². The van der Waals surface area contributed by atoms with Gasteiger partial charge in [-0.2, -0.15) is 0 Å². The number of nitro benzene ring substituents is 1. The minimum absolute atomic E-state index is 0.137. The van der Waals surface area contributed by atoms with Gasteiger partial charge in [0, 0.05) is 104 Å². The minimum Gasteiger partial charge on any atom is -0.444 e. The van der Waals surface area contributed by atoms with Crippen LogP contribution < -0.4 is 14.9 Å². The van der Waals surface area contributed by atoms with Crippen molar-refractivity contribution in [1.82, 2.24) is 19.4 Å². The molecule has 0 aromatic heterocycles. The summed E-state index contributed by atoms with van der Waals surface area (Å²) in [6.45, 7) is 12.6. The van der Waals surface area contributed by atoms with Crippen LogP contribution >= 0.6 is 23.4 Å². The van der Waals surface area contributed by atoms with Gasteiger partial charge < -0.3 is 19.9 Å². The molecule has 5 aromatic carbocycles. The first-order chi connectivity index (χ1) is 31.6. The molecule has 1 atom stereocenters. The summed E-state index contributed by atoms with van der Waals surface area (Å²) >= 11 is 7.74. The average molecular weight is 955 g/mol. The Kier molecular flexibility index (Phi) is 15.9. The zero-order valence-electron chi connectivity index (χ0n) is 37.4. The van der Waals surface area contributed by atoms with E-state index < -0.39 is 37.0 Å². The maximum absolute atomic E-state index is 13.6. The van der Waals surface area contributed by atoms with Crippen molar-refractivity contribution in [2.75, 3.05) is 74.9 Å². The molecule has 2 amide bonds. The molecule has 0 bridgehead atoms. The zero-order chi connectivity index (χ0) is 46.8. The number of benzene rings is 5. The second kappa shape index (κ2) is 21.8. The highest BCUT2D eigenvalue weighted by molar-refractivity contribution is 7.99. The van der Waals surface area contributed by atoms with Crippen LogP contribution in [0.2, 0.25) is 5.02 Å². The Bertz CT molecular complexity index is 2560. The van der Waals surface area contributed by atoms with Crippen LogP contribution in [0.15, 0.2) is 131 Å². The molecule has 66 heavy (non-hydrogen) atoms. The third kappa shape index (κ3) is 13.2. The van der Waals surface area contributed by atoms with Crippen LogP contribution in [0, 0.1) is 10.1 Å². The molecule has 2 aliphatic heterocycles. The lowest BCUT2D eigenvalue weighted by atomic mass is 9.99. The number of thioether (sulfide) groups is 1. The number of nitrogens with zero attached hydrogens (tertiary/aromatic N) is 5. The molecule has 0 aliphatic carbocycles. The molecular formula is C49H56ClN7O7S2. The number of sulfonamides is 1. The lowest BCUT2D eigenvalue weighted by Gasteiger charge is -2.36. The van der Waals surface area contributed by atoms with Gasteiger partial charge in [-0.3, -0.25) is 24.7 Å². The number of hydrogen-bond acceptors (Lipinski definition) is 12. The molecule has 2 saturated heterocycles. The molecule has 2 N–H and O–H groups in total. The third-order valence-corrected chi connectivity index (χ3v) is 14.3. The zero-order valence-corrected chi connectivity index (χ0v) is 39.8. The lowest BCUT2D eigenvalue weighted by molar-refractivity contribution is -0.384. The molecule has 0 radical (unpaired) electrons. The fourth-order valence-electron chi connectivity index (χ4n) is 7.94. The van der Waals surface area contributed by atoms with Crippen LogP contribution in [0.25, 0.3) is 11.1 Å². The molecule has 14 nitrogen and oxygen atoms in total. The Balaban J connectivity index is 0.949. The highest BCUT2D eigenvalue weighted by Gasteiger charge is 2.28. The van der Waals surface area contributed by atoms with E-state index >= 15 is 0 Å². The summed E-state index contributed by atoms with van der Waals surface area (Å²) in [7, 11) is -4.49. The van der Waals surface area contributed by atoms with Crippen molar-refractivity contribution in [3.05, 3.63) is 148 Å². The van der Waals surface area contributed by atoms with E-state index in [4.69, 9.17) is 16.3 Å². The van der Waals surface area contributed by atoms with Crippen LogP contribution in [0.3, 0.4) is 0 Å². The lowest BCUT2D eigenvalue weighted by Crippen LogP contribution is -2.50. The highest BCUT2D eigenvalue weighted by atomic mass is 35.5. The largest absolute Gasteiger partial charge is 0.444 e. The van der Waals surface area contributed by atoms with E-state index in [0.717, 1.165) is 54.9 Å². The van der Waals surface area contributed by atoms with Gasteiger partial charge >= 0.3 is 6.09 Å². The first-order valence-electron chi connectivity index (χ1n) is 22.0. The number of rotatable bonds is 16. The predicted molar refractivity (Wildman–Crippen MR) is 262 cm³/mol. The molecule has 7 rings (SSSR count). The van der Waals surface area contributed by atoms with Crippen molar-refractivity contribution in [1.29, 1.82) is 0 Å². The van der Waals surface area contributed by atoms with Gasteiger partial charge in [-0.1, -0.05) is 66.2 Å². The van der Waals surface area contributed by atoms with Crippen molar-refractivity contribution in [3.8, 4) is 11.1 Å². The minimum atomic E-state index is -4.49. The first-order valence-corrected chi connectivity index (χ1v) is 24.9. The fraction of sp³-hybridized carbons (Fsp3) is 0.347. The van der Waals surface area contributed by atoms with E-state index in [1.54, 1.807) is 40.9 Å². The van der Waals surface area contributed by atoms with Gasteiger partial charge in [-0.15, -0.1) is 11.8 Å². The van der Waals surface area contributed by atoms with Crippen molar-refractivity contribution >= 4 is 62.4 Å². The summed E-state index contributed by atoms with van der Waals surface area (Å²) in [6.07, 6.45) is 0.286. The number of carbonyl (C=O) groups is 2. The number of nitro groups is 1. The molecule has 0 spiro atoms. The second-order valence-corrected chi connectivity index (χ2v) is 20.6. The molecule has 0 unspecified atom stereocenters. The molecule has 2 fully saturated rings. The third-order valence-electron chi connectivity index (χ3n) is 11.5. The van der Waals surface area contributed by atoms with Gasteiger partial charge in [0.25, 0.3) is 21.6 Å². The number of piperazine rings is 2. The average Bonchev–Trinajstić information content (AvgIpc) is 3.30. The standard InChI is InChI=1S/C49H56ClN7O7S2/c1-49(2,3)64-48(59)56-31-25-53(26-32-56)24-23-40(35-65-42-10-5-4-6-11-42)51-45-22-21-43(33-46(45)57(60)61)66(62,63)52-47(58)37-15-19-41(20-16-37)55-29-27-54(28-30-55)34-38-9-7-8-12-44(38)36-13-17-39(50)18-14-36/h4-22,33,40,51H,23-32,34-35H2,1-3H3,(H,52,58)/t40-/m1/s1. The van der Waals surface area contributed by atoms with Crippen LogP contribution in [0.1, 0.15) is 43.1 Å². The van der Waals surface area contributed by atoms with E-state index in [2.05, 4.69) is 42.9 Å². The number of carbonyl (C=O) groups excluding carboxylic acids is 2. The molecule has 2 heterocycles. The Labute approximate surface area is 396 Å². The van der Waals surface area contributed by atoms with Crippen LogP contribution in [-0.2, 0) is 21.3 Å². The fourth-order valence-corrected chi connectivity index (χ4v) is 10.1. The smallest absolute Gasteiger partial charge is 0.410 e. The first kappa shape index (κ1) is 48.3. The maximum Gasteiger partial charge on any atom is 0.410 e. The molecule has 0 saturated carbocycles. The van der Waals surface area contributed by atoms with Crippen LogP contribution in [0.5, 0.6) is 0 Å². The predicted octanol–water partition coefficient (Wildman–Crippen LogP) is 8.87. The topological polar surface area (TPSA) is 158 Å². The summed E-state index contributed by atoms with van der Waals surface area (Å²) in [5, 5.41) is 16.5. The van der Waals surface area contributed by atoms with Crippen molar-refractivity contribution in [2.24, 2.45) is 0 Å². The monoisotopic (exact) mass is 953 g/mol. The summed E-state index contributed by atoms with van der Waals surface area (Å²) in [5.74, 6) is -0.272. The normalized spacial score (nSPS) is 15.5. The number of amides is 2. The van der Waals surface area contributed by atoms with Crippen molar-refractivity contribution < 1.29 is 27.7 Å². The highest BCUT2D eigenvalue weighted by Crippen LogP contribution is 2.31. The second-order valence-electron chi connectivity index (χ2n) is 17.4. The Morgan fingerprint density at radius 2 is 1.47 bits per heavy atom. The molecular weight excluding hydrogens is 898 g/mol. The van der Waals surface area contributed by atoms with E-state index in [-0.39, 0.29) is 23.4 Å². The van der Waals surface area contributed by atoms with Gasteiger partial charge in [-0.25, -0.2) is 17.9 Å². The molecule has 348 valence electrons. The Hall–Kier alpha value is -5.65. The number of anilines is 2. The van der Waals surface area contributed by atoms with Gasteiger partial charge in [0.1, 0.15) is 11.3 Å². The number of hydrogen-bond donors (Lipinski definition) is 2. The molecule has 2 aliphatic rings. The quantitative estimate of drug-likeness (QED) is 0.0551. The maximum atomic E-state index is 13.6. The van der Waals surface area contributed by atoms with Crippen molar-refractivity contribution in [2.45, 2.75) is 55.2 Å². The Morgan fingerprint density at radius 1 is 0.818 bits per heavy atom. The number of halogens is 1. The van der Waals surface area contributed by atoms with Gasteiger partial charge in [0.05, 0.1) is 9.82 Å². The van der Waals surface area contributed by atoms with E-state index in [0.29, 0.717) is 49.9 Å². The van der Waals surface area contributed by atoms with Gasteiger partial charge in [-0.05, 0) is 105 Å². The Morgan fingerprint density at radius 3 is 2.14 bits per heavy atom. The van der Waals surface area contributed by atoms with Crippen LogP contribution in [0.4, 0.5) is 21.9 Å². The van der Waals surface area contributed by atoms with E-state index in [1.807, 2.05) is 81.4 Å². The number of nitrogens with one attached hydrogen (secondary N) is 2. The molecule has 17 heteroatoms. The number of ether oxygens (including phenoxy) is 1. The SMILES string of the molecule is CC(C)(C)OC(=O)N1CCN(CC[C@H](CSc2ccccc2)Nc2ccc(S(=O)(=O)NC(=O)c3ccc(N4CCN(Cc5ccccc5-c5ccc(Cl)cc5)CC4)cc3)cc2[N+](=O)[O-])CC1. The van der Waals surface area contributed by atoms with Gasteiger partial charge in [0.15, 0.2) is 0 Å². The van der Waals surface area contributed by atoms with Crippen molar-refractivity contribution in [3.63, 3.8) is 0 Å². The summed E-state index contributed by atoms with van der Waals surface area (Å²) in [6, 6.07) is 36.2. The molecule has 5 aromatic rings. The summed E-state index contributed by atoms with van der Waals surface area (Å²) in [5.41, 5.74) is 3.74.